The molecule has 29 heavy (non-hydrogen) atoms. The van der Waals surface area contributed by atoms with Crippen LogP contribution in [0.2, 0.25) is 5.02 Å². The van der Waals surface area contributed by atoms with Crippen LogP contribution in [0.15, 0.2) is 33.3 Å². The van der Waals surface area contributed by atoms with Crippen LogP contribution < -0.4 is 20.5 Å². The lowest BCUT2D eigenvalue weighted by Crippen LogP contribution is -2.20. The number of halogens is 1. The maximum absolute atomic E-state index is 11.8. The Kier molecular flexibility index (Phi) is 8.04. The third kappa shape index (κ3) is 6.50. The van der Waals surface area contributed by atoms with E-state index in [0.717, 1.165) is 17.8 Å². The number of nitrogens with zero attached hydrogens (tertiary/aromatic N) is 2. The number of primary amides is 1. The van der Waals surface area contributed by atoms with E-state index in [2.05, 4.69) is 20.3 Å². The van der Waals surface area contributed by atoms with Gasteiger partial charge in [-0.25, -0.2) is 4.79 Å². The molecule has 10 nitrogen and oxygen atoms in total. The Morgan fingerprint density at radius 2 is 2.10 bits per heavy atom. The van der Waals surface area contributed by atoms with Crippen LogP contribution in [0.4, 0.5) is 0 Å². The van der Waals surface area contributed by atoms with Crippen molar-refractivity contribution >= 4 is 52.5 Å². The van der Waals surface area contributed by atoms with Crippen LogP contribution >= 0.6 is 23.4 Å². The Morgan fingerprint density at radius 1 is 1.34 bits per heavy atom. The van der Waals surface area contributed by atoms with Gasteiger partial charge in [-0.05, 0) is 30.8 Å². The predicted octanol–water partition coefficient (Wildman–Crippen LogP) is 1.21. The number of methoxy groups -OCH3 is 1. The fourth-order valence-electron chi connectivity index (χ4n) is 2.00. The van der Waals surface area contributed by atoms with Crippen molar-refractivity contribution in [3.63, 3.8) is 0 Å². The van der Waals surface area contributed by atoms with E-state index in [1.165, 1.54) is 19.4 Å². The first-order valence-corrected chi connectivity index (χ1v) is 9.30. The lowest BCUT2D eigenvalue weighted by atomic mass is 10.2. The van der Waals surface area contributed by atoms with E-state index in [1.807, 2.05) is 0 Å². The highest BCUT2D eigenvalue weighted by molar-refractivity contribution is 8.18. The first kappa shape index (κ1) is 22.2. The lowest BCUT2D eigenvalue weighted by Gasteiger charge is -2.13. The zero-order valence-electron chi connectivity index (χ0n) is 15.4. The largest absolute Gasteiger partial charge is 0.490 e. The summed E-state index contributed by atoms with van der Waals surface area (Å²) in [5.74, 6) is -1.29. The number of carbonyl (C=O) groups excluding carboxylic acids is 3. The Hall–Kier alpha value is -3.05. The first-order valence-electron chi connectivity index (χ1n) is 8.11. The van der Waals surface area contributed by atoms with Gasteiger partial charge in [0.15, 0.2) is 23.3 Å². The summed E-state index contributed by atoms with van der Waals surface area (Å²) >= 11 is 7.14. The van der Waals surface area contributed by atoms with E-state index < -0.39 is 17.8 Å². The molecule has 1 fully saturated rings. The summed E-state index contributed by atoms with van der Waals surface area (Å²) < 4.78 is 15.2. The highest BCUT2D eigenvalue weighted by Gasteiger charge is 2.25. The molecule has 154 valence electrons. The van der Waals surface area contributed by atoms with E-state index >= 15 is 0 Å². The number of nitrogens with two attached hydrogens (primary N) is 1. The molecule has 0 aliphatic carbocycles. The second-order valence-corrected chi connectivity index (χ2v) is 6.69. The Morgan fingerprint density at radius 3 is 2.76 bits per heavy atom. The van der Waals surface area contributed by atoms with Crippen LogP contribution in [0, 0.1) is 0 Å². The summed E-state index contributed by atoms with van der Waals surface area (Å²) in [6.07, 6.45) is 2.44. The summed E-state index contributed by atoms with van der Waals surface area (Å²) in [4.78, 5) is 34.0. The van der Waals surface area contributed by atoms with Crippen LogP contribution in [-0.2, 0) is 19.1 Å². The molecule has 0 radical (unpaired) electrons. The Balaban J connectivity index is 2.17. The van der Waals surface area contributed by atoms with Gasteiger partial charge in [-0.2, -0.15) is 5.10 Å². The van der Waals surface area contributed by atoms with Gasteiger partial charge in [0.2, 0.25) is 0 Å². The minimum absolute atomic E-state index is 0.142. The highest BCUT2D eigenvalue weighted by Crippen LogP contribution is 2.36. The number of thioether (sulfide) groups is 1. The molecule has 12 heteroatoms. The zero-order valence-corrected chi connectivity index (χ0v) is 17.0. The molecular weight excluding hydrogens is 424 g/mol. The minimum atomic E-state index is -0.651. The van der Waals surface area contributed by atoms with E-state index in [0.29, 0.717) is 17.9 Å². The van der Waals surface area contributed by atoms with Crippen molar-refractivity contribution in [1.29, 1.82) is 0 Å². The third-order valence-electron chi connectivity index (χ3n) is 3.15. The van der Waals surface area contributed by atoms with E-state index in [1.54, 1.807) is 13.0 Å². The summed E-state index contributed by atoms with van der Waals surface area (Å²) in [6.45, 7) is 1.77. The van der Waals surface area contributed by atoms with Gasteiger partial charge in [-0.3, -0.25) is 14.9 Å². The molecule has 0 unspecified atom stereocenters. The van der Waals surface area contributed by atoms with Gasteiger partial charge in [0, 0.05) is 11.6 Å². The summed E-state index contributed by atoms with van der Waals surface area (Å²) in [5.41, 5.74) is 5.61. The van der Waals surface area contributed by atoms with Crippen LogP contribution in [0.3, 0.4) is 0 Å². The number of amidine groups is 1. The van der Waals surface area contributed by atoms with Crippen molar-refractivity contribution in [3.8, 4) is 11.5 Å². The molecule has 0 bridgehead atoms. The molecule has 0 saturated carbocycles. The van der Waals surface area contributed by atoms with Crippen LogP contribution in [0.5, 0.6) is 11.5 Å². The molecule has 1 saturated heterocycles. The number of benzene rings is 1. The molecule has 2 rings (SSSR count). The maximum atomic E-state index is 11.8. The van der Waals surface area contributed by atoms with Crippen molar-refractivity contribution in [2.24, 2.45) is 15.9 Å². The normalized spacial score (nSPS) is 16.3. The standard InChI is InChI=1S/C17H17ClN4O6S/c1-3-27-11-5-9(4-10(18)15(11)28-8-13(19)23)7-20-22-17-21-16(25)12(29-17)6-14(24)26-2/h4-7H,3,8H2,1-2H3,(H2,19,23)(H,21,22,25)/b12-6+,20-7?. The van der Waals surface area contributed by atoms with Crippen molar-refractivity contribution in [1.82, 2.24) is 5.32 Å². The van der Waals surface area contributed by atoms with Gasteiger partial charge in [0.05, 0.1) is 29.9 Å². The van der Waals surface area contributed by atoms with Crippen LogP contribution in [0.1, 0.15) is 12.5 Å². The third-order valence-corrected chi connectivity index (χ3v) is 4.33. The molecule has 0 aromatic heterocycles. The average molecular weight is 441 g/mol. The number of amides is 2. The van der Waals surface area contributed by atoms with E-state index in [-0.39, 0.29) is 27.5 Å². The number of hydrogen-bond acceptors (Lipinski definition) is 9. The molecular formula is C17H17ClN4O6S. The first-order chi connectivity index (χ1) is 13.8. The second-order valence-electron chi connectivity index (χ2n) is 5.26. The smallest absolute Gasteiger partial charge is 0.331 e. The van der Waals surface area contributed by atoms with Gasteiger partial charge in [0.1, 0.15) is 0 Å². The molecule has 1 heterocycles. The van der Waals surface area contributed by atoms with Crippen molar-refractivity contribution in [3.05, 3.63) is 33.7 Å². The maximum Gasteiger partial charge on any atom is 0.331 e. The number of nitrogens with one attached hydrogen (secondary N) is 1. The van der Waals surface area contributed by atoms with Gasteiger partial charge >= 0.3 is 5.97 Å². The van der Waals surface area contributed by atoms with Gasteiger partial charge in [-0.15, -0.1) is 5.10 Å². The Bertz CT molecular complexity index is 915. The SMILES string of the molecule is CCOc1cc(C=N/N=C2/NC(=O)/C(=C\C(=O)OC)S2)cc(Cl)c1OCC(N)=O. The number of hydrogen-bond donors (Lipinski definition) is 2. The molecule has 1 aliphatic heterocycles. The quantitative estimate of drug-likeness (QED) is 0.268. The fourth-order valence-corrected chi connectivity index (χ4v) is 3.01. The van der Waals surface area contributed by atoms with Gasteiger partial charge < -0.3 is 19.9 Å². The zero-order chi connectivity index (χ0) is 21.4. The van der Waals surface area contributed by atoms with Gasteiger partial charge in [0.25, 0.3) is 11.8 Å². The second kappa shape index (κ2) is 10.5. The molecule has 1 aromatic rings. The van der Waals surface area contributed by atoms with E-state index in [4.69, 9.17) is 26.8 Å². The lowest BCUT2D eigenvalue weighted by molar-refractivity contribution is -0.135. The molecule has 2 amide bonds. The Labute approximate surface area is 175 Å². The topological polar surface area (TPSA) is 142 Å². The molecule has 1 aliphatic rings. The highest BCUT2D eigenvalue weighted by atomic mass is 35.5. The molecule has 3 N–H and O–H groups in total. The van der Waals surface area contributed by atoms with Crippen molar-refractivity contribution in [2.75, 3.05) is 20.3 Å². The predicted molar refractivity (Wildman–Crippen MR) is 108 cm³/mol. The number of esters is 1. The van der Waals surface area contributed by atoms with Crippen molar-refractivity contribution in [2.45, 2.75) is 6.92 Å². The number of carbonyl (C=O) groups is 3. The van der Waals surface area contributed by atoms with Crippen LogP contribution in [-0.4, -0.2) is 49.5 Å². The van der Waals surface area contributed by atoms with Gasteiger partial charge in [-0.1, -0.05) is 11.6 Å². The summed E-state index contributed by atoms with van der Waals surface area (Å²) in [6, 6.07) is 3.13. The van der Waals surface area contributed by atoms with Crippen LogP contribution in [0.25, 0.3) is 0 Å². The molecule has 0 spiro atoms. The summed E-state index contributed by atoms with van der Waals surface area (Å²) in [5, 5.41) is 10.6. The minimum Gasteiger partial charge on any atom is -0.490 e. The van der Waals surface area contributed by atoms with Crippen molar-refractivity contribution < 1.29 is 28.6 Å². The monoisotopic (exact) mass is 440 g/mol. The van der Waals surface area contributed by atoms with E-state index in [9.17, 15) is 14.4 Å². The summed E-state index contributed by atoms with van der Waals surface area (Å²) in [7, 11) is 1.21. The number of ether oxygens (including phenoxy) is 3. The molecule has 1 aromatic carbocycles. The number of rotatable bonds is 8. The average Bonchev–Trinajstić information content (AvgIpc) is 3.00. The fraction of sp³-hybridized carbons (Fsp3) is 0.235. The molecule has 0 atom stereocenters.